The van der Waals surface area contributed by atoms with Crippen LogP contribution in [0.15, 0.2) is 55.1 Å². The minimum atomic E-state index is -0.404. The molecule has 0 unspecified atom stereocenters. The molecular weight excluding hydrogens is 424 g/mol. The normalized spacial score (nSPS) is 12.5. The molecule has 0 amide bonds. The van der Waals surface area contributed by atoms with Crippen molar-refractivity contribution in [1.82, 2.24) is 0 Å². The van der Waals surface area contributed by atoms with Crippen LogP contribution in [0, 0.1) is 0 Å². The summed E-state index contributed by atoms with van der Waals surface area (Å²) in [4.78, 5) is 12.8. The van der Waals surface area contributed by atoms with Gasteiger partial charge < -0.3 is 14.2 Å². The van der Waals surface area contributed by atoms with Gasteiger partial charge in [-0.1, -0.05) is 39.5 Å². The quantitative estimate of drug-likeness (QED) is 0.227. The van der Waals surface area contributed by atoms with Crippen LogP contribution in [0.25, 0.3) is 6.08 Å². The summed E-state index contributed by atoms with van der Waals surface area (Å²) in [5.74, 6) is 2.04. The van der Waals surface area contributed by atoms with Gasteiger partial charge in [0.15, 0.2) is 17.3 Å². The third-order valence-corrected chi connectivity index (χ3v) is 4.64. The Morgan fingerprint density at radius 2 is 1.47 bits per heavy atom. The highest BCUT2D eigenvalue weighted by atomic mass is 16.5. The zero-order chi connectivity index (χ0) is 25.7. The molecule has 0 spiro atoms. The number of allylic oxidation sites excluding steroid dienone is 1. The molecule has 0 saturated heterocycles. The van der Waals surface area contributed by atoms with Gasteiger partial charge in [-0.2, -0.15) is 0 Å². The van der Waals surface area contributed by atoms with E-state index < -0.39 is 5.60 Å². The topological polar surface area (TPSA) is 44.8 Å². The van der Waals surface area contributed by atoms with E-state index in [1.165, 1.54) is 0 Å². The lowest BCUT2D eigenvalue weighted by atomic mass is 9.84. The van der Waals surface area contributed by atoms with Gasteiger partial charge in [0.2, 0.25) is 0 Å². The number of rotatable bonds is 8. The second-order valence-corrected chi connectivity index (χ2v) is 11.4. The van der Waals surface area contributed by atoms with Crippen molar-refractivity contribution in [2.45, 2.75) is 78.9 Å². The first-order valence-electron chi connectivity index (χ1n) is 11.7. The maximum Gasteiger partial charge on any atom is 0.185 e. The van der Waals surface area contributed by atoms with Crippen LogP contribution in [0.3, 0.4) is 0 Å². The lowest BCUT2D eigenvalue weighted by molar-refractivity contribution is 0.0935. The fourth-order valence-corrected chi connectivity index (χ4v) is 3.23. The first-order valence-corrected chi connectivity index (χ1v) is 11.7. The Labute approximate surface area is 205 Å². The largest absolute Gasteiger partial charge is 0.490 e. The zero-order valence-corrected chi connectivity index (χ0v) is 22.2. The SMILES string of the molecule is C=CCOc1ccc(C(=O)C=Cc2cc(OC(C)(C)C)c(OC(C)(C)C)c(C(C)(C)C)c2)cc1. The van der Waals surface area contributed by atoms with Gasteiger partial charge in [0.1, 0.15) is 23.6 Å². The van der Waals surface area contributed by atoms with Crippen molar-refractivity contribution in [1.29, 1.82) is 0 Å². The van der Waals surface area contributed by atoms with E-state index >= 15 is 0 Å². The highest BCUT2D eigenvalue weighted by Crippen LogP contribution is 2.43. The third kappa shape index (κ3) is 8.40. The lowest BCUT2D eigenvalue weighted by Crippen LogP contribution is -2.28. The fraction of sp³-hybridized carbons (Fsp3) is 0.433. The standard InChI is InChI=1S/C30H40O4/c1-11-18-32-23-15-13-22(14-16-23)25(31)17-12-21-19-24(28(2,3)4)27(34-30(8,9)10)26(20-21)33-29(5,6)7/h11-17,19-20H,1,18H2,2-10H3. The molecule has 0 radical (unpaired) electrons. The number of hydrogen-bond donors (Lipinski definition) is 0. The van der Waals surface area contributed by atoms with Gasteiger partial charge in [-0.05, 0) is 95.0 Å². The lowest BCUT2D eigenvalue weighted by Gasteiger charge is -2.32. The van der Waals surface area contributed by atoms with Crippen LogP contribution < -0.4 is 14.2 Å². The number of carbonyl (C=O) groups excluding carboxylic acids is 1. The van der Waals surface area contributed by atoms with Crippen molar-refractivity contribution in [3.8, 4) is 17.2 Å². The van der Waals surface area contributed by atoms with Crippen molar-refractivity contribution < 1.29 is 19.0 Å². The van der Waals surface area contributed by atoms with E-state index in [0.29, 0.717) is 23.7 Å². The number of hydrogen-bond acceptors (Lipinski definition) is 4. The molecule has 0 aromatic heterocycles. The number of ketones is 1. The van der Waals surface area contributed by atoms with Crippen molar-refractivity contribution in [3.05, 3.63) is 71.8 Å². The van der Waals surface area contributed by atoms with Gasteiger partial charge in [0, 0.05) is 11.1 Å². The monoisotopic (exact) mass is 464 g/mol. The van der Waals surface area contributed by atoms with Crippen LogP contribution in [0.4, 0.5) is 0 Å². The number of ether oxygens (including phenoxy) is 3. The molecule has 0 heterocycles. The van der Waals surface area contributed by atoms with Crippen LogP contribution >= 0.6 is 0 Å². The highest BCUT2D eigenvalue weighted by molar-refractivity contribution is 6.06. The van der Waals surface area contributed by atoms with Crippen molar-refractivity contribution in [2.24, 2.45) is 0 Å². The molecule has 0 N–H and O–H groups in total. The maximum atomic E-state index is 12.8. The summed E-state index contributed by atoms with van der Waals surface area (Å²) in [6, 6.07) is 11.1. The Balaban J connectivity index is 2.46. The van der Waals surface area contributed by atoms with Crippen LogP contribution in [0.1, 0.15) is 83.8 Å². The second-order valence-electron chi connectivity index (χ2n) is 11.4. The van der Waals surface area contributed by atoms with Crippen LogP contribution in [0.5, 0.6) is 17.2 Å². The van der Waals surface area contributed by atoms with E-state index in [1.54, 1.807) is 36.4 Å². The van der Waals surface area contributed by atoms with E-state index in [2.05, 4.69) is 33.4 Å². The van der Waals surface area contributed by atoms with E-state index in [9.17, 15) is 4.79 Å². The minimum absolute atomic E-state index is 0.0825. The van der Waals surface area contributed by atoms with Crippen LogP contribution in [0.2, 0.25) is 0 Å². The molecule has 0 atom stereocenters. The fourth-order valence-electron chi connectivity index (χ4n) is 3.23. The molecule has 2 aromatic carbocycles. The minimum Gasteiger partial charge on any atom is -0.490 e. The summed E-state index contributed by atoms with van der Waals surface area (Å²) >= 11 is 0. The Morgan fingerprint density at radius 1 is 0.882 bits per heavy atom. The first-order chi connectivity index (χ1) is 15.6. The summed E-state index contributed by atoms with van der Waals surface area (Å²) in [6.07, 6.45) is 5.10. The highest BCUT2D eigenvalue weighted by Gasteiger charge is 2.28. The molecular formula is C30H40O4. The van der Waals surface area contributed by atoms with Gasteiger partial charge in [0.05, 0.1) is 0 Å². The number of benzene rings is 2. The molecule has 4 nitrogen and oxygen atoms in total. The van der Waals surface area contributed by atoms with Crippen molar-refractivity contribution in [3.63, 3.8) is 0 Å². The van der Waals surface area contributed by atoms with E-state index in [1.807, 2.05) is 53.7 Å². The Hall–Kier alpha value is -3.01. The molecule has 0 fully saturated rings. The molecule has 2 rings (SSSR count). The summed E-state index contributed by atoms with van der Waals surface area (Å²) in [6.45, 7) is 22.6. The predicted molar refractivity (Wildman–Crippen MR) is 141 cm³/mol. The van der Waals surface area contributed by atoms with Crippen LogP contribution in [-0.4, -0.2) is 23.6 Å². The summed E-state index contributed by atoms with van der Waals surface area (Å²) < 4.78 is 18.2. The maximum absolute atomic E-state index is 12.8. The molecule has 2 aromatic rings. The average molecular weight is 465 g/mol. The zero-order valence-electron chi connectivity index (χ0n) is 22.2. The second kappa shape index (κ2) is 10.5. The Kier molecular flexibility index (Phi) is 8.41. The average Bonchev–Trinajstić information content (AvgIpc) is 2.69. The molecule has 4 heteroatoms. The van der Waals surface area contributed by atoms with E-state index in [4.69, 9.17) is 14.2 Å². The molecule has 0 bridgehead atoms. The molecule has 0 saturated carbocycles. The van der Waals surface area contributed by atoms with E-state index in [0.717, 1.165) is 16.9 Å². The predicted octanol–water partition coefficient (Wildman–Crippen LogP) is 7.80. The molecule has 0 aliphatic rings. The van der Waals surface area contributed by atoms with Gasteiger partial charge in [-0.15, -0.1) is 0 Å². The van der Waals surface area contributed by atoms with E-state index in [-0.39, 0.29) is 16.8 Å². The van der Waals surface area contributed by atoms with Gasteiger partial charge in [0.25, 0.3) is 0 Å². The smallest absolute Gasteiger partial charge is 0.185 e. The first kappa shape index (κ1) is 27.2. The van der Waals surface area contributed by atoms with Crippen molar-refractivity contribution >= 4 is 11.9 Å². The summed E-state index contributed by atoms with van der Waals surface area (Å²) in [7, 11) is 0. The molecule has 0 aliphatic heterocycles. The van der Waals surface area contributed by atoms with Gasteiger partial charge in [-0.3, -0.25) is 4.79 Å². The third-order valence-electron chi connectivity index (χ3n) is 4.64. The summed E-state index contributed by atoms with van der Waals surface area (Å²) in [5, 5.41) is 0. The van der Waals surface area contributed by atoms with Crippen LogP contribution in [-0.2, 0) is 5.41 Å². The molecule has 184 valence electrons. The molecule has 34 heavy (non-hydrogen) atoms. The van der Waals surface area contributed by atoms with Gasteiger partial charge in [-0.25, -0.2) is 0 Å². The summed E-state index contributed by atoms with van der Waals surface area (Å²) in [5.41, 5.74) is 1.52. The Bertz CT molecular complexity index is 1020. The Morgan fingerprint density at radius 3 is 1.97 bits per heavy atom. The van der Waals surface area contributed by atoms with Crippen molar-refractivity contribution in [2.75, 3.05) is 6.61 Å². The van der Waals surface area contributed by atoms with Gasteiger partial charge >= 0.3 is 0 Å². The molecule has 0 aliphatic carbocycles. The number of carbonyl (C=O) groups is 1.